The van der Waals surface area contributed by atoms with E-state index >= 15 is 0 Å². The molecule has 22 heavy (non-hydrogen) atoms. The first-order chi connectivity index (χ1) is 10.6. The Morgan fingerprint density at radius 2 is 0.864 bits per heavy atom. The lowest BCUT2D eigenvalue weighted by molar-refractivity contribution is -0.0430. The third-order valence-corrected chi connectivity index (χ3v) is 2.89. The van der Waals surface area contributed by atoms with Gasteiger partial charge in [-0.2, -0.15) is 0 Å². The van der Waals surface area contributed by atoms with Gasteiger partial charge in [0.25, 0.3) is 0 Å². The number of hydrogen-bond donors (Lipinski definition) is 4. The van der Waals surface area contributed by atoms with Gasteiger partial charge in [-0.25, -0.2) is 0 Å². The fourth-order valence-corrected chi connectivity index (χ4v) is 1.68. The molecule has 2 aromatic carbocycles. The fourth-order valence-electron chi connectivity index (χ4n) is 1.68. The van der Waals surface area contributed by atoms with E-state index in [1.54, 1.807) is 48.5 Å². The molecule has 0 unspecified atom stereocenters. The summed E-state index contributed by atoms with van der Waals surface area (Å²) in [4.78, 5) is 0. The van der Waals surface area contributed by atoms with Crippen LogP contribution >= 0.6 is 0 Å². The molecule has 0 bridgehead atoms. The molecule has 4 N–H and O–H groups in total. The average Bonchev–Trinajstić information content (AvgIpc) is 2.52. The molecule has 0 saturated heterocycles. The van der Waals surface area contributed by atoms with Gasteiger partial charge in [0.05, 0.1) is 0 Å². The summed E-state index contributed by atoms with van der Waals surface area (Å²) in [6, 6.07) is 13.1. The monoisotopic (exact) mass is 294 g/mol. The van der Waals surface area contributed by atoms with E-state index in [1.165, 1.54) is 0 Å². The molecular formula is C18H14O4. The van der Waals surface area contributed by atoms with Crippen LogP contribution in [0.25, 0.3) is 0 Å². The Balaban J connectivity index is 2.04. The largest absolute Gasteiger partial charge is 0.364 e. The second-order valence-electron chi connectivity index (χ2n) is 4.49. The predicted molar refractivity (Wildman–Crippen MR) is 81.0 cm³/mol. The van der Waals surface area contributed by atoms with Crippen LogP contribution in [0.4, 0.5) is 0 Å². The van der Waals surface area contributed by atoms with Gasteiger partial charge in [0, 0.05) is 22.3 Å². The second-order valence-corrected chi connectivity index (χ2v) is 4.49. The minimum absolute atomic E-state index is 0.405. The lowest BCUT2D eigenvalue weighted by Crippen LogP contribution is -1.93. The summed E-state index contributed by atoms with van der Waals surface area (Å²) < 4.78 is 0. The summed E-state index contributed by atoms with van der Waals surface area (Å²) in [5.74, 6) is 11.1. The highest BCUT2D eigenvalue weighted by atomic mass is 16.5. The van der Waals surface area contributed by atoms with E-state index in [-0.39, 0.29) is 0 Å². The minimum Gasteiger partial charge on any atom is -0.364 e. The van der Waals surface area contributed by atoms with E-state index < -0.39 is 12.6 Å². The number of hydrogen-bond acceptors (Lipinski definition) is 4. The maximum atomic E-state index is 8.97. The van der Waals surface area contributed by atoms with Crippen LogP contribution in [-0.4, -0.2) is 20.4 Å². The molecule has 0 aromatic heterocycles. The van der Waals surface area contributed by atoms with E-state index in [4.69, 9.17) is 20.4 Å². The van der Waals surface area contributed by atoms with E-state index in [9.17, 15) is 0 Å². The Morgan fingerprint density at radius 3 is 1.14 bits per heavy atom. The number of benzene rings is 2. The van der Waals surface area contributed by atoms with Gasteiger partial charge < -0.3 is 20.4 Å². The van der Waals surface area contributed by atoms with Crippen LogP contribution in [0.15, 0.2) is 48.5 Å². The molecule has 0 aliphatic heterocycles. The molecule has 0 heterocycles. The van der Waals surface area contributed by atoms with Crippen molar-refractivity contribution >= 4 is 0 Å². The molecule has 110 valence electrons. The van der Waals surface area contributed by atoms with Crippen molar-refractivity contribution in [1.82, 2.24) is 0 Å². The van der Waals surface area contributed by atoms with E-state index in [2.05, 4.69) is 23.7 Å². The Hall–Kier alpha value is -2.60. The van der Waals surface area contributed by atoms with Crippen molar-refractivity contribution in [2.24, 2.45) is 0 Å². The molecule has 0 radical (unpaired) electrons. The zero-order valence-corrected chi connectivity index (χ0v) is 11.6. The van der Waals surface area contributed by atoms with Gasteiger partial charge in [0.15, 0.2) is 12.6 Å². The molecule has 0 aliphatic carbocycles. The molecule has 0 spiro atoms. The molecule has 0 fully saturated rings. The van der Waals surface area contributed by atoms with Crippen molar-refractivity contribution in [2.45, 2.75) is 12.6 Å². The third kappa shape index (κ3) is 4.46. The molecule has 0 saturated carbocycles. The Kier molecular flexibility index (Phi) is 5.32. The molecule has 0 atom stereocenters. The van der Waals surface area contributed by atoms with E-state index in [0.717, 1.165) is 11.1 Å². The number of rotatable bonds is 2. The van der Waals surface area contributed by atoms with Crippen LogP contribution in [-0.2, 0) is 0 Å². The first-order valence-corrected chi connectivity index (χ1v) is 6.50. The normalized spacial score (nSPS) is 9.91. The molecule has 4 heteroatoms. The molecule has 2 rings (SSSR count). The molecule has 2 aromatic rings. The van der Waals surface area contributed by atoms with Gasteiger partial charge in [-0.05, 0) is 36.1 Å². The summed E-state index contributed by atoms with van der Waals surface area (Å²) >= 11 is 0. The summed E-state index contributed by atoms with van der Waals surface area (Å²) in [5.41, 5.74) is 2.25. The van der Waals surface area contributed by atoms with Crippen LogP contribution in [0.2, 0.25) is 0 Å². The van der Waals surface area contributed by atoms with Crippen LogP contribution in [0, 0.1) is 23.7 Å². The zero-order valence-electron chi connectivity index (χ0n) is 11.6. The van der Waals surface area contributed by atoms with Crippen molar-refractivity contribution in [2.75, 3.05) is 0 Å². The minimum atomic E-state index is -1.48. The predicted octanol–water partition coefficient (Wildman–Crippen LogP) is 1.06. The third-order valence-electron chi connectivity index (χ3n) is 2.89. The zero-order chi connectivity index (χ0) is 15.9. The van der Waals surface area contributed by atoms with Gasteiger partial charge in [0.1, 0.15) is 0 Å². The number of aliphatic hydroxyl groups excluding tert-OH is 2. The highest BCUT2D eigenvalue weighted by Gasteiger charge is 2.00. The summed E-state index contributed by atoms with van der Waals surface area (Å²) in [6.45, 7) is 0. The van der Waals surface area contributed by atoms with Crippen molar-refractivity contribution in [3.8, 4) is 23.7 Å². The molecule has 0 aliphatic rings. The lowest BCUT2D eigenvalue weighted by Gasteiger charge is -2.02. The quantitative estimate of drug-likeness (QED) is 0.493. The van der Waals surface area contributed by atoms with Crippen molar-refractivity contribution in [3.05, 3.63) is 70.8 Å². The average molecular weight is 294 g/mol. The SMILES string of the molecule is OC(O)c1ccc(C#CC#Cc2ccc(C(O)O)cc2)cc1. The first kappa shape index (κ1) is 15.8. The molecule has 0 amide bonds. The van der Waals surface area contributed by atoms with Crippen LogP contribution in [0.5, 0.6) is 0 Å². The van der Waals surface area contributed by atoms with Crippen molar-refractivity contribution in [3.63, 3.8) is 0 Å². The van der Waals surface area contributed by atoms with Gasteiger partial charge >= 0.3 is 0 Å². The molecular weight excluding hydrogens is 280 g/mol. The van der Waals surface area contributed by atoms with Gasteiger partial charge in [-0.15, -0.1) is 0 Å². The topological polar surface area (TPSA) is 80.9 Å². The van der Waals surface area contributed by atoms with Gasteiger partial charge in [-0.3, -0.25) is 0 Å². The Morgan fingerprint density at radius 1 is 0.545 bits per heavy atom. The summed E-state index contributed by atoms with van der Waals surface area (Å²) in [7, 11) is 0. The van der Waals surface area contributed by atoms with Crippen LogP contribution in [0.3, 0.4) is 0 Å². The van der Waals surface area contributed by atoms with Crippen molar-refractivity contribution < 1.29 is 20.4 Å². The van der Waals surface area contributed by atoms with Crippen molar-refractivity contribution in [1.29, 1.82) is 0 Å². The first-order valence-electron chi connectivity index (χ1n) is 6.50. The Labute approximate surface area is 128 Å². The number of aliphatic hydroxyl groups is 4. The summed E-state index contributed by atoms with van der Waals surface area (Å²) in [6.07, 6.45) is -2.97. The maximum Gasteiger partial charge on any atom is 0.178 e. The van der Waals surface area contributed by atoms with E-state index in [1.807, 2.05) is 0 Å². The smallest absolute Gasteiger partial charge is 0.178 e. The fraction of sp³-hybridized carbons (Fsp3) is 0.111. The van der Waals surface area contributed by atoms with Gasteiger partial charge in [-0.1, -0.05) is 36.1 Å². The lowest BCUT2D eigenvalue weighted by atomic mass is 10.1. The highest BCUT2D eigenvalue weighted by molar-refractivity contribution is 5.45. The Bertz CT molecular complexity index is 669. The second kappa shape index (κ2) is 7.42. The van der Waals surface area contributed by atoms with Gasteiger partial charge in [0.2, 0.25) is 0 Å². The van der Waals surface area contributed by atoms with E-state index in [0.29, 0.717) is 11.1 Å². The van der Waals surface area contributed by atoms with Crippen LogP contribution in [0.1, 0.15) is 34.8 Å². The highest BCUT2D eigenvalue weighted by Crippen LogP contribution is 2.11. The molecule has 4 nitrogen and oxygen atoms in total. The van der Waals surface area contributed by atoms with Crippen LogP contribution < -0.4 is 0 Å². The summed E-state index contributed by atoms with van der Waals surface area (Å²) in [5, 5.41) is 35.9. The standard InChI is InChI=1S/C18H14O4/c19-17(20)15-9-5-13(6-10-15)3-1-2-4-14-7-11-16(12-8-14)18(21)22/h5-12,17-22H. The maximum absolute atomic E-state index is 8.97.